The van der Waals surface area contributed by atoms with Crippen molar-refractivity contribution in [1.29, 1.82) is 0 Å². The van der Waals surface area contributed by atoms with E-state index in [1.807, 2.05) is 56.3 Å². The van der Waals surface area contributed by atoms with Crippen molar-refractivity contribution < 1.29 is 9.59 Å². The summed E-state index contributed by atoms with van der Waals surface area (Å²) in [6.07, 6.45) is 1.54. The molecule has 0 spiro atoms. The SMILES string of the molecule is CCN(CC)CCNC(=O)c1c(C)[nH]c(/C=C2\C(=O)Nc3cccc(-c4ccc5c(c4)C(N)NN5)c32)c1C. The molecule has 2 aliphatic rings. The van der Waals surface area contributed by atoms with Crippen LogP contribution in [0.25, 0.3) is 22.8 Å². The summed E-state index contributed by atoms with van der Waals surface area (Å²) >= 11 is 0. The van der Waals surface area contributed by atoms with Gasteiger partial charge in [0, 0.05) is 41.3 Å². The molecule has 1 unspecified atom stereocenters. The van der Waals surface area contributed by atoms with Crippen LogP contribution >= 0.6 is 0 Å². The van der Waals surface area contributed by atoms with Crippen molar-refractivity contribution in [2.24, 2.45) is 5.73 Å². The summed E-state index contributed by atoms with van der Waals surface area (Å²) in [5, 5.41) is 6.04. The van der Waals surface area contributed by atoms with E-state index in [9.17, 15) is 9.59 Å². The number of aromatic amines is 1. The van der Waals surface area contributed by atoms with Crippen molar-refractivity contribution in [2.75, 3.05) is 36.9 Å². The molecule has 0 radical (unpaired) electrons. The molecule has 3 aromatic rings. The average Bonchev–Trinajstić information content (AvgIpc) is 3.53. The molecule has 1 atom stereocenters. The number of carbonyl (C=O) groups is 2. The fraction of sp³-hybridized carbons (Fsp3) is 0.310. The Bertz CT molecular complexity index is 1430. The predicted octanol–water partition coefficient (Wildman–Crippen LogP) is 3.75. The number of hydrogen-bond donors (Lipinski definition) is 6. The quantitative estimate of drug-likeness (QED) is 0.255. The van der Waals surface area contributed by atoms with Gasteiger partial charge in [-0.05, 0) is 67.9 Å². The van der Waals surface area contributed by atoms with Gasteiger partial charge in [0.15, 0.2) is 0 Å². The molecule has 0 saturated carbocycles. The molecule has 198 valence electrons. The highest BCUT2D eigenvalue weighted by molar-refractivity contribution is 6.36. The van der Waals surface area contributed by atoms with Gasteiger partial charge in [0.2, 0.25) is 0 Å². The number of rotatable bonds is 8. The molecular formula is C29H35N7O2. The normalized spacial score (nSPS) is 16.9. The molecular weight excluding hydrogens is 478 g/mol. The van der Waals surface area contributed by atoms with Crippen LogP contribution in [0.1, 0.15) is 58.4 Å². The largest absolute Gasteiger partial charge is 0.358 e. The van der Waals surface area contributed by atoms with E-state index >= 15 is 0 Å². The number of nitrogens with one attached hydrogen (secondary N) is 5. The Morgan fingerprint density at radius 2 is 1.92 bits per heavy atom. The van der Waals surface area contributed by atoms with Crippen molar-refractivity contribution in [3.05, 3.63) is 70.0 Å². The lowest BCUT2D eigenvalue weighted by atomic mass is 9.92. The second-order valence-corrected chi connectivity index (χ2v) is 9.74. The molecule has 0 bridgehead atoms. The Balaban J connectivity index is 1.48. The van der Waals surface area contributed by atoms with Crippen LogP contribution in [0, 0.1) is 13.8 Å². The lowest BCUT2D eigenvalue weighted by molar-refractivity contribution is -0.110. The number of anilines is 2. The van der Waals surface area contributed by atoms with Crippen molar-refractivity contribution in [3.8, 4) is 11.1 Å². The number of fused-ring (bicyclic) bond motifs is 2. The number of aromatic nitrogens is 1. The molecule has 2 amide bonds. The highest BCUT2D eigenvalue weighted by atomic mass is 16.2. The Labute approximate surface area is 222 Å². The molecule has 0 saturated heterocycles. The number of hydrazine groups is 1. The molecule has 7 N–H and O–H groups in total. The van der Waals surface area contributed by atoms with Gasteiger partial charge in [-0.15, -0.1) is 0 Å². The number of amides is 2. The van der Waals surface area contributed by atoms with Crippen LogP contribution in [0.15, 0.2) is 36.4 Å². The minimum Gasteiger partial charge on any atom is -0.358 e. The van der Waals surface area contributed by atoms with E-state index in [0.29, 0.717) is 17.7 Å². The average molecular weight is 514 g/mol. The van der Waals surface area contributed by atoms with Crippen molar-refractivity contribution in [3.63, 3.8) is 0 Å². The maximum Gasteiger partial charge on any atom is 0.256 e. The van der Waals surface area contributed by atoms with Crippen molar-refractivity contribution in [2.45, 2.75) is 33.9 Å². The minimum absolute atomic E-state index is 0.110. The maximum atomic E-state index is 13.1. The zero-order chi connectivity index (χ0) is 27.0. The second kappa shape index (κ2) is 10.4. The van der Waals surface area contributed by atoms with Crippen LogP contribution in [0.5, 0.6) is 0 Å². The summed E-state index contributed by atoms with van der Waals surface area (Å²) in [6.45, 7) is 11.3. The highest BCUT2D eigenvalue weighted by Gasteiger charge is 2.29. The van der Waals surface area contributed by atoms with E-state index in [1.54, 1.807) is 0 Å². The van der Waals surface area contributed by atoms with Gasteiger partial charge in [-0.25, -0.2) is 5.43 Å². The fourth-order valence-corrected chi connectivity index (χ4v) is 5.32. The number of carbonyl (C=O) groups excluding carboxylic acids is 2. The molecule has 5 rings (SSSR count). The molecule has 38 heavy (non-hydrogen) atoms. The van der Waals surface area contributed by atoms with Gasteiger partial charge < -0.3 is 31.7 Å². The maximum absolute atomic E-state index is 13.1. The molecule has 9 heteroatoms. The van der Waals surface area contributed by atoms with Crippen LogP contribution in [-0.2, 0) is 4.79 Å². The van der Waals surface area contributed by atoms with Gasteiger partial charge >= 0.3 is 0 Å². The monoisotopic (exact) mass is 513 g/mol. The third kappa shape index (κ3) is 4.60. The number of nitrogens with zero attached hydrogens (tertiary/aromatic N) is 1. The van der Waals surface area contributed by atoms with Gasteiger partial charge in [0.05, 0.1) is 16.8 Å². The number of nitrogens with two attached hydrogens (primary N) is 1. The Hall–Kier alpha value is -3.92. The standard InChI is InChI=1S/C29H35N7O2/c1-5-36(6-2)13-12-31-29(38)25-16(3)24(32-17(25)4)15-21-26-19(8-7-9-23(26)33-28(21)37)18-10-11-22-20(14-18)27(30)35-34-22/h7-11,14-15,27,32,34-35H,5-6,12-13,30H2,1-4H3,(H,31,38)(H,33,37)/b21-15-. The molecule has 2 aliphatic heterocycles. The third-order valence-corrected chi connectivity index (χ3v) is 7.49. The van der Waals surface area contributed by atoms with Crippen LogP contribution in [0.2, 0.25) is 0 Å². The lowest BCUT2D eigenvalue weighted by Crippen LogP contribution is -2.35. The molecule has 2 aromatic carbocycles. The van der Waals surface area contributed by atoms with Gasteiger partial charge in [-0.1, -0.05) is 32.0 Å². The van der Waals surface area contributed by atoms with E-state index in [4.69, 9.17) is 5.73 Å². The third-order valence-electron chi connectivity index (χ3n) is 7.49. The van der Waals surface area contributed by atoms with E-state index in [0.717, 1.165) is 70.2 Å². The molecule has 3 heterocycles. The summed E-state index contributed by atoms with van der Waals surface area (Å²) in [5.74, 6) is -0.285. The van der Waals surface area contributed by atoms with E-state index in [2.05, 4.69) is 45.2 Å². The zero-order valence-corrected chi connectivity index (χ0v) is 22.3. The first-order chi connectivity index (χ1) is 18.3. The number of H-pyrrole nitrogens is 1. The Morgan fingerprint density at radius 3 is 2.68 bits per heavy atom. The smallest absolute Gasteiger partial charge is 0.256 e. The van der Waals surface area contributed by atoms with Crippen molar-refractivity contribution >= 4 is 34.8 Å². The summed E-state index contributed by atoms with van der Waals surface area (Å²) in [5.41, 5.74) is 21.2. The van der Waals surface area contributed by atoms with E-state index < -0.39 is 0 Å². The lowest BCUT2D eigenvalue weighted by Gasteiger charge is -2.18. The van der Waals surface area contributed by atoms with Crippen LogP contribution in [-0.4, -0.2) is 47.9 Å². The minimum atomic E-state index is -0.308. The molecule has 9 nitrogen and oxygen atoms in total. The van der Waals surface area contributed by atoms with Gasteiger partial charge in [-0.2, -0.15) is 0 Å². The van der Waals surface area contributed by atoms with Crippen LogP contribution in [0.3, 0.4) is 0 Å². The van der Waals surface area contributed by atoms with Gasteiger partial charge in [0.25, 0.3) is 11.8 Å². The first kappa shape index (κ1) is 25.7. The van der Waals surface area contributed by atoms with E-state index in [1.165, 1.54) is 0 Å². The Morgan fingerprint density at radius 1 is 1.13 bits per heavy atom. The Kier molecular flexibility index (Phi) is 7.07. The fourth-order valence-electron chi connectivity index (χ4n) is 5.32. The second-order valence-electron chi connectivity index (χ2n) is 9.74. The van der Waals surface area contributed by atoms with E-state index in [-0.39, 0.29) is 18.0 Å². The zero-order valence-electron chi connectivity index (χ0n) is 22.3. The highest BCUT2D eigenvalue weighted by Crippen LogP contribution is 2.42. The summed E-state index contributed by atoms with van der Waals surface area (Å²) < 4.78 is 0. The topological polar surface area (TPSA) is 127 Å². The first-order valence-corrected chi connectivity index (χ1v) is 13.1. The van der Waals surface area contributed by atoms with Crippen LogP contribution < -0.4 is 27.2 Å². The molecule has 0 aliphatic carbocycles. The molecule has 0 fully saturated rings. The summed E-state index contributed by atoms with van der Waals surface area (Å²) in [4.78, 5) is 31.8. The number of hydrogen-bond acceptors (Lipinski definition) is 6. The van der Waals surface area contributed by atoms with Gasteiger partial charge in [0.1, 0.15) is 6.17 Å². The summed E-state index contributed by atoms with van der Waals surface area (Å²) in [6, 6.07) is 11.9. The number of aryl methyl sites for hydroxylation is 1. The first-order valence-electron chi connectivity index (χ1n) is 13.1. The summed E-state index contributed by atoms with van der Waals surface area (Å²) in [7, 11) is 0. The van der Waals surface area contributed by atoms with Crippen molar-refractivity contribution in [1.82, 2.24) is 20.6 Å². The number of benzene rings is 2. The van der Waals surface area contributed by atoms with Gasteiger partial charge in [-0.3, -0.25) is 9.59 Å². The number of likely N-dealkylation sites (N-methyl/N-ethyl adjacent to an activating group) is 1. The predicted molar refractivity (Wildman–Crippen MR) is 152 cm³/mol. The van der Waals surface area contributed by atoms with Crippen LogP contribution in [0.4, 0.5) is 11.4 Å². The molecule has 1 aromatic heterocycles.